The number of benzene rings is 2. The van der Waals surface area contributed by atoms with Crippen LogP contribution in [0.3, 0.4) is 0 Å². The number of pyridine rings is 1. The Morgan fingerprint density at radius 3 is 2.59 bits per heavy atom. The van der Waals surface area contributed by atoms with Crippen molar-refractivity contribution in [3.8, 4) is 0 Å². The van der Waals surface area contributed by atoms with E-state index in [9.17, 15) is 13.2 Å². The van der Waals surface area contributed by atoms with E-state index in [2.05, 4.69) is 4.98 Å². The number of sulfonamides is 1. The topological polar surface area (TPSA) is 79.8 Å². The maximum atomic E-state index is 13.6. The minimum atomic E-state index is -3.84. The molecule has 0 spiro atoms. The standard InChI is InChI=1S/C26H29N3O4S/c1-2-29(23-11-4-3-5-12-23)34(31,32)25-14-6-10-22(17-25)26(30)28(20-24-13-8-16-33-24)19-21-9-7-15-27-18-21/h3-7,9-12,14-15,17-18,24H,2,8,13,16,19-20H2,1H3. The first-order valence-electron chi connectivity index (χ1n) is 11.5. The molecule has 1 fully saturated rings. The lowest BCUT2D eigenvalue weighted by atomic mass is 10.1. The number of amides is 1. The lowest BCUT2D eigenvalue weighted by Gasteiger charge is -2.26. The van der Waals surface area contributed by atoms with Crippen molar-refractivity contribution in [3.05, 3.63) is 90.3 Å². The molecular weight excluding hydrogens is 450 g/mol. The van der Waals surface area contributed by atoms with Crippen LogP contribution in [0.25, 0.3) is 0 Å². The SMILES string of the molecule is CCN(c1ccccc1)S(=O)(=O)c1cccc(C(=O)N(Cc2cccnc2)CC2CCCO2)c1. The molecule has 0 bridgehead atoms. The molecule has 1 saturated heterocycles. The lowest BCUT2D eigenvalue weighted by molar-refractivity contribution is 0.0507. The summed E-state index contributed by atoms with van der Waals surface area (Å²) in [7, 11) is -3.84. The average Bonchev–Trinajstić information content (AvgIpc) is 3.38. The second kappa shape index (κ2) is 10.8. The number of carbonyl (C=O) groups excluding carboxylic acids is 1. The minimum absolute atomic E-state index is 0.0267. The van der Waals surface area contributed by atoms with Gasteiger partial charge >= 0.3 is 0 Å². The van der Waals surface area contributed by atoms with Gasteiger partial charge in [-0.3, -0.25) is 14.1 Å². The fourth-order valence-electron chi connectivity index (χ4n) is 4.15. The van der Waals surface area contributed by atoms with Gasteiger partial charge in [0.1, 0.15) is 0 Å². The third-order valence-electron chi connectivity index (χ3n) is 5.83. The Kier molecular flexibility index (Phi) is 7.59. The first-order valence-corrected chi connectivity index (χ1v) is 12.9. The first kappa shape index (κ1) is 23.9. The molecular formula is C26H29N3O4S. The Hall–Kier alpha value is -3.23. The van der Waals surface area contributed by atoms with Gasteiger partial charge < -0.3 is 9.64 Å². The Labute approximate surface area is 201 Å². The van der Waals surface area contributed by atoms with Gasteiger partial charge in [-0.1, -0.05) is 30.3 Å². The van der Waals surface area contributed by atoms with Gasteiger partial charge in [-0.05, 0) is 61.7 Å². The Bertz CT molecular complexity index is 1200. The van der Waals surface area contributed by atoms with E-state index in [0.717, 1.165) is 18.4 Å². The maximum absolute atomic E-state index is 13.6. The third kappa shape index (κ3) is 5.46. The fraction of sp³-hybridized carbons (Fsp3) is 0.308. The molecule has 0 N–H and O–H groups in total. The van der Waals surface area contributed by atoms with Crippen LogP contribution in [0, 0.1) is 0 Å². The Morgan fingerprint density at radius 2 is 1.91 bits per heavy atom. The highest BCUT2D eigenvalue weighted by Gasteiger charge is 2.27. The molecule has 8 heteroatoms. The Balaban J connectivity index is 1.62. The van der Waals surface area contributed by atoms with Crippen LogP contribution in [0.2, 0.25) is 0 Å². The zero-order valence-corrected chi connectivity index (χ0v) is 20.0. The summed E-state index contributed by atoms with van der Waals surface area (Å²) in [6.07, 6.45) is 5.26. The van der Waals surface area contributed by atoms with E-state index < -0.39 is 10.0 Å². The van der Waals surface area contributed by atoms with E-state index in [1.165, 1.54) is 16.4 Å². The van der Waals surface area contributed by atoms with Crippen molar-refractivity contribution in [2.75, 3.05) is 24.0 Å². The molecule has 1 unspecified atom stereocenters. The van der Waals surface area contributed by atoms with Gasteiger partial charge in [0.2, 0.25) is 0 Å². The first-order chi connectivity index (χ1) is 16.5. The monoisotopic (exact) mass is 479 g/mol. The molecule has 34 heavy (non-hydrogen) atoms. The summed E-state index contributed by atoms with van der Waals surface area (Å²) >= 11 is 0. The highest BCUT2D eigenvalue weighted by Crippen LogP contribution is 2.25. The molecule has 0 radical (unpaired) electrons. The molecule has 0 aliphatic carbocycles. The fourth-order valence-corrected chi connectivity index (χ4v) is 5.67. The highest BCUT2D eigenvalue weighted by atomic mass is 32.2. The second-order valence-electron chi connectivity index (χ2n) is 8.22. The molecule has 1 atom stereocenters. The molecule has 1 aromatic heterocycles. The number of ether oxygens (including phenoxy) is 1. The lowest BCUT2D eigenvalue weighted by Crippen LogP contribution is -2.37. The molecule has 2 aromatic carbocycles. The van der Waals surface area contributed by atoms with Crippen molar-refractivity contribution in [2.24, 2.45) is 0 Å². The van der Waals surface area contributed by atoms with Crippen molar-refractivity contribution < 1.29 is 17.9 Å². The van der Waals surface area contributed by atoms with Gasteiger partial charge in [0.05, 0.1) is 16.7 Å². The molecule has 178 valence electrons. The number of hydrogen-bond donors (Lipinski definition) is 0. The smallest absolute Gasteiger partial charge is 0.264 e. The van der Waals surface area contributed by atoms with Crippen molar-refractivity contribution in [2.45, 2.75) is 37.3 Å². The van der Waals surface area contributed by atoms with Crippen molar-refractivity contribution in [1.82, 2.24) is 9.88 Å². The van der Waals surface area contributed by atoms with Crippen molar-refractivity contribution >= 4 is 21.6 Å². The number of aromatic nitrogens is 1. The quantitative estimate of drug-likeness (QED) is 0.461. The van der Waals surface area contributed by atoms with E-state index in [4.69, 9.17) is 4.74 Å². The van der Waals surface area contributed by atoms with E-state index in [1.54, 1.807) is 60.6 Å². The Morgan fingerprint density at radius 1 is 1.09 bits per heavy atom. The molecule has 2 heterocycles. The summed E-state index contributed by atoms with van der Waals surface area (Å²) in [5.74, 6) is -0.237. The number of para-hydroxylation sites is 1. The number of anilines is 1. The number of rotatable bonds is 9. The third-order valence-corrected chi connectivity index (χ3v) is 7.73. The van der Waals surface area contributed by atoms with Gasteiger partial charge in [-0.15, -0.1) is 0 Å². The van der Waals surface area contributed by atoms with Crippen molar-refractivity contribution in [3.63, 3.8) is 0 Å². The van der Waals surface area contributed by atoms with E-state index in [0.29, 0.717) is 30.9 Å². The van der Waals surface area contributed by atoms with E-state index >= 15 is 0 Å². The molecule has 1 amide bonds. The molecule has 7 nitrogen and oxygen atoms in total. The summed E-state index contributed by atoms with van der Waals surface area (Å²) < 4.78 is 34.0. The van der Waals surface area contributed by atoms with Crippen LogP contribution in [0.15, 0.2) is 84.0 Å². The van der Waals surface area contributed by atoms with Crippen LogP contribution in [0.1, 0.15) is 35.7 Å². The zero-order chi connectivity index (χ0) is 24.0. The van der Waals surface area contributed by atoms with Gasteiger partial charge in [-0.25, -0.2) is 8.42 Å². The molecule has 1 aliphatic rings. The molecule has 3 aromatic rings. The number of carbonyl (C=O) groups is 1. The van der Waals surface area contributed by atoms with Crippen LogP contribution in [-0.4, -0.2) is 50.0 Å². The summed E-state index contributed by atoms with van der Waals surface area (Å²) in [4.78, 5) is 19.5. The number of hydrogen-bond acceptors (Lipinski definition) is 5. The number of nitrogens with zero attached hydrogens (tertiary/aromatic N) is 3. The predicted molar refractivity (Wildman–Crippen MR) is 131 cm³/mol. The van der Waals surface area contributed by atoms with Crippen LogP contribution in [0.5, 0.6) is 0 Å². The maximum Gasteiger partial charge on any atom is 0.264 e. The van der Waals surface area contributed by atoms with Gasteiger partial charge in [0.15, 0.2) is 0 Å². The van der Waals surface area contributed by atoms with Crippen LogP contribution in [-0.2, 0) is 21.3 Å². The molecule has 0 saturated carbocycles. The summed E-state index contributed by atoms with van der Waals surface area (Å²) in [5, 5.41) is 0. The average molecular weight is 480 g/mol. The normalized spacial score (nSPS) is 15.7. The van der Waals surface area contributed by atoms with E-state index in [-0.39, 0.29) is 23.5 Å². The summed E-state index contributed by atoms with van der Waals surface area (Å²) in [6.45, 7) is 3.57. The molecule has 1 aliphatic heterocycles. The zero-order valence-electron chi connectivity index (χ0n) is 19.2. The van der Waals surface area contributed by atoms with Crippen molar-refractivity contribution in [1.29, 1.82) is 0 Å². The second-order valence-corrected chi connectivity index (χ2v) is 10.1. The van der Waals surface area contributed by atoms with Gasteiger partial charge in [-0.2, -0.15) is 0 Å². The summed E-state index contributed by atoms with van der Waals surface area (Å²) in [6, 6.07) is 19.0. The largest absolute Gasteiger partial charge is 0.376 e. The summed E-state index contributed by atoms with van der Waals surface area (Å²) in [5.41, 5.74) is 1.81. The van der Waals surface area contributed by atoms with Crippen LogP contribution >= 0.6 is 0 Å². The van der Waals surface area contributed by atoms with Gasteiger partial charge in [0.25, 0.3) is 15.9 Å². The molecule has 4 rings (SSSR count). The van der Waals surface area contributed by atoms with Crippen LogP contribution < -0.4 is 4.31 Å². The van der Waals surface area contributed by atoms with Crippen LogP contribution in [0.4, 0.5) is 5.69 Å². The van der Waals surface area contributed by atoms with Gasteiger partial charge in [0, 0.05) is 44.2 Å². The minimum Gasteiger partial charge on any atom is -0.376 e. The highest BCUT2D eigenvalue weighted by molar-refractivity contribution is 7.92. The predicted octanol–water partition coefficient (Wildman–Crippen LogP) is 4.12. The van der Waals surface area contributed by atoms with E-state index in [1.807, 2.05) is 18.2 Å².